The van der Waals surface area contributed by atoms with Crippen molar-refractivity contribution in [2.75, 3.05) is 13.1 Å². The third kappa shape index (κ3) is 15.9. The molecule has 0 aromatic heterocycles. The number of nitrogens with two attached hydrogens (primary N) is 1. The zero-order valence-electron chi connectivity index (χ0n) is 17.2. The second-order valence-corrected chi connectivity index (χ2v) is 6.29. The Morgan fingerprint density at radius 1 is 0.897 bits per heavy atom. The van der Waals surface area contributed by atoms with Crippen molar-refractivity contribution in [2.45, 2.75) is 26.7 Å². The first-order valence-corrected chi connectivity index (χ1v) is 9.44. The molecule has 0 spiro atoms. The maximum Gasteiger partial charge on any atom is 0.161 e. The van der Waals surface area contributed by atoms with E-state index in [2.05, 4.69) is 18.8 Å². The molecule has 2 N–H and O–H groups in total. The number of ketones is 1. The number of carbonyl (C=O) groups is 1. The van der Waals surface area contributed by atoms with Crippen molar-refractivity contribution in [1.82, 2.24) is 0 Å². The minimum Gasteiger partial charge on any atom is -0.342 e. The molecule has 2 radical (unpaired) electrons. The monoisotopic (exact) mass is 584 g/mol. The number of halogens is 2. The minimum absolute atomic E-state index is 0. The first kappa shape index (κ1) is 34.1. The number of nitrogens with zero attached hydrogens (tertiary/aromatic N) is 1. The quantitative estimate of drug-likeness (QED) is 0.263. The number of hydrogen-bond donors (Lipinski definition) is 1. The Labute approximate surface area is 236 Å². The molecule has 0 aliphatic rings. The van der Waals surface area contributed by atoms with Crippen molar-refractivity contribution >= 4 is 34.7 Å². The van der Waals surface area contributed by atoms with E-state index in [4.69, 9.17) is 28.9 Å². The molecule has 29 heavy (non-hydrogen) atoms. The summed E-state index contributed by atoms with van der Waals surface area (Å²) in [6.45, 7) is 12.2. The van der Waals surface area contributed by atoms with Gasteiger partial charge in [0.15, 0.2) is 5.78 Å². The zero-order chi connectivity index (χ0) is 20.7. The molecule has 0 atom stereocenters. The Bertz CT molecular complexity index is 723. The molecule has 0 unspecified atom stereocenters. The zero-order valence-corrected chi connectivity index (χ0v) is 24.4. The van der Waals surface area contributed by atoms with E-state index in [9.17, 15) is 4.79 Å². The fraction of sp³-hybridized carbons (Fsp3) is 0.273. The van der Waals surface area contributed by atoms with Crippen LogP contribution in [-0.4, -0.2) is 24.6 Å². The predicted molar refractivity (Wildman–Crippen MR) is 119 cm³/mol. The summed E-state index contributed by atoms with van der Waals surface area (Å²) in [5.74, 6) is 0.00519. The molecule has 2 rings (SSSR count). The summed E-state index contributed by atoms with van der Waals surface area (Å²) in [7, 11) is 0. The number of hydrogen-bond acceptors (Lipinski definition) is 3. The Morgan fingerprint density at radius 3 is 1.62 bits per heavy atom. The average molecular weight is 585 g/mol. The van der Waals surface area contributed by atoms with Crippen LogP contribution in [0.3, 0.4) is 0 Å². The fourth-order valence-corrected chi connectivity index (χ4v) is 2.37. The third-order valence-electron chi connectivity index (χ3n) is 3.23. The number of Topliss-reactive ketones (excluding diaryl/α,β-unsaturated/α-hetero) is 1. The molecule has 0 fully saturated rings. The summed E-state index contributed by atoms with van der Waals surface area (Å²) in [6.07, 6.45) is 1.67. The third-order valence-corrected chi connectivity index (χ3v) is 3.89. The normalized spacial score (nSPS) is 9.55. The molecule has 7 heteroatoms. The molecular weight excluding hydrogens is 557 g/mol. The molecule has 3 nitrogen and oxygen atoms in total. The van der Waals surface area contributed by atoms with Gasteiger partial charge in [0.2, 0.25) is 0 Å². The van der Waals surface area contributed by atoms with Crippen molar-refractivity contribution in [1.29, 1.82) is 0 Å². The van der Waals surface area contributed by atoms with Gasteiger partial charge in [-0.15, -0.1) is 0 Å². The van der Waals surface area contributed by atoms with Crippen molar-refractivity contribution in [3.8, 4) is 0 Å². The standard InChI is InChI=1S/C11H13ClN.C8H7ClO.C3H8N.2Y/c1-3-8-13-9(2)10-6-4-5-7-11(10)12;1-6(10)7-4-2-3-5-8(7)9;1-2-3-4;;/h4-7H,1,3,8H2,2H3;2-5H,1H3;1-4H2;;/q-1;;-1;;. The molecule has 0 saturated carbocycles. The maximum atomic E-state index is 10.8. The van der Waals surface area contributed by atoms with E-state index in [1.165, 1.54) is 6.92 Å². The molecular formula is C22H28Cl2N2OY2-2. The smallest absolute Gasteiger partial charge is 0.161 e. The molecule has 0 aliphatic carbocycles. The van der Waals surface area contributed by atoms with Gasteiger partial charge in [-0.1, -0.05) is 53.5 Å². The molecule has 0 saturated heterocycles. The van der Waals surface area contributed by atoms with Crippen LogP contribution in [0.4, 0.5) is 0 Å². The summed E-state index contributed by atoms with van der Waals surface area (Å²) in [6, 6.07) is 14.7. The Hall–Kier alpha value is 0.528. The maximum absolute atomic E-state index is 10.8. The molecule has 2 aromatic rings. The molecule has 0 aliphatic heterocycles. The van der Waals surface area contributed by atoms with Crippen LogP contribution in [0.1, 0.15) is 42.6 Å². The van der Waals surface area contributed by atoms with Crippen LogP contribution in [0.2, 0.25) is 10.0 Å². The van der Waals surface area contributed by atoms with E-state index in [0.29, 0.717) is 17.1 Å². The van der Waals surface area contributed by atoms with Gasteiger partial charge >= 0.3 is 0 Å². The largest absolute Gasteiger partial charge is 0.342 e. The van der Waals surface area contributed by atoms with Crippen molar-refractivity contribution in [3.63, 3.8) is 0 Å². The van der Waals surface area contributed by atoms with E-state index in [1.807, 2.05) is 31.2 Å². The van der Waals surface area contributed by atoms with Crippen LogP contribution in [0.25, 0.3) is 0 Å². The van der Waals surface area contributed by atoms with Gasteiger partial charge in [0.25, 0.3) is 0 Å². The van der Waals surface area contributed by atoms with E-state index in [1.54, 1.807) is 24.3 Å². The van der Waals surface area contributed by atoms with Gasteiger partial charge < -0.3 is 19.6 Å². The van der Waals surface area contributed by atoms with E-state index >= 15 is 0 Å². The Kier molecular flexibility index (Phi) is 25.6. The minimum atomic E-state index is 0. The van der Waals surface area contributed by atoms with Gasteiger partial charge in [0.05, 0.1) is 5.02 Å². The Balaban J connectivity index is -0.000000379. The summed E-state index contributed by atoms with van der Waals surface area (Å²) in [4.78, 5) is 15.1. The van der Waals surface area contributed by atoms with E-state index in [0.717, 1.165) is 35.7 Å². The van der Waals surface area contributed by atoms with Gasteiger partial charge in [-0.2, -0.15) is 12.8 Å². The number of aliphatic imine (C=N–C) groups is 1. The predicted octanol–water partition coefficient (Wildman–Crippen LogP) is 6.08. The van der Waals surface area contributed by atoms with Crippen LogP contribution in [0.5, 0.6) is 0 Å². The topological polar surface area (TPSA) is 55.5 Å². The van der Waals surface area contributed by atoms with Crippen molar-refractivity contribution < 1.29 is 70.2 Å². The summed E-state index contributed by atoms with van der Waals surface area (Å²) < 4.78 is 0. The van der Waals surface area contributed by atoms with Gasteiger partial charge in [0.1, 0.15) is 0 Å². The van der Waals surface area contributed by atoms with Gasteiger partial charge in [0, 0.05) is 93.8 Å². The first-order valence-electron chi connectivity index (χ1n) is 8.68. The molecule has 0 amide bonds. The average Bonchev–Trinajstić information content (AvgIpc) is 2.67. The summed E-state index contributed by atoms with van der Waals surface area (Å²) in [5.41, 5.74) is 7.54. The molecule has 154 valence electrons. The van der Waals surface area contributed by atoms with E-state index in [-0.39, 0.29) is 71.2 Å². The van der Waals surface area contributed by atoms with Gasteiger partial charge in [-0.25, -0.2) is 0 Å². The van der Waals surface area contributed by atoms with Crippen molar-refractivity contribution in [2.24, 2.45) is 10.7 Å². The van der Waals surface area contributed by atoms with Crippen LogP contribution in [-0.2, 0) is 65.4 Å². The van der Waals surface area contributed by atoms with Gasteiger partial charge in [-0.3, -0.25) is 9.79 Å². The number of carbonyl (C=O) groups excluding carboxylic acids is 1. The van der Waals surface area contributed by atoms with Crippen molar-refractivity contribution in [3.05, 3.63) is 83.6 Å². The van der Waals surface area contributed by atoms with Gasteiger partial charge in [-0.05, 0) is 38.6 Å². The summed E-state index contributed by atoms with van der Waals surface area (Å²) in [5, 5.41) is 1.28. The van der Waals surface area contributed by atoms with Crippen LogP contribution < -0.4 is 5.73 Å². The van der Waals surface area contributed by atoms with Crippen LogP contribution in [0.15, 0.2) is 53.5 Å². The van der Waals surface area contributed by atoms with Crippen LogP contribution in [0, 0.1) is 13.8 Å². The SMILES string of the molecule is CC(=O)c1ccccc1Cl.[CH2-]CCN.[CH2-]CCN=C(C)c1ccccc1Cl.[Y].[Y]. The fourth-order valence-electron chi connectivity index (χ4n) is 1.83. The first-order chi connectivity index (χ1) is 12.9. The molecule has 0 heterocycles. The summed E-state index contributed by atoms with van der Waals surface area (Å²) >= 11 is 11.7. The number of benzene rings is 2. The second-order valence-electron chi connectivity index (χ2n) is 5.48. The number of rotatable bonds is 5. The van der Waals surface area contributed by atoms with E-state index < -0.39 is 0 Å². The second kappa shape index (κ2) is 21.7. The Morgan fingerprint density at radius 2 is 1.31 bits per heavy atom. The molecule has 0 bridgehead atoms. The van der Waals surface area contributed by atoms with Crippen LogP contribution >= 0.6 is 23.2 Å². The molecule has 2 aromatic carbocycles.